The monoisotopic (exact) mass is 623 g/mol. The minimum Gasteiger partial charge on any atom is -0.462 e. The molecule has 0 aromatic carbocycles. The van der Waals surface area contributed by atoms with Crippen LogP contribution >= 0.6 is 0 Å². The van der Waals surface area contributed by atoms with Crippen LogP contribution in [0.5, 0.6) is 0 Å². The number of aliphatic hydroxyl groups is 1. The zero-order valence-corrected chi connectivity index (χ0v) is 29.4. The number of allylic oxidation sites excluding steroid dienone is 2. The average molecular weight is 623 g/mol. The Morgan fingerprint density at radius 1 is 0.500 bits per heavy atom. The van der Waals surface area contributed by atoms with E-state index in [0.717, 1.165) is 44.9 Å². The standard InChI is InChI=1S/C39H74O5/c1-3-5-7-9-11-13-15-17-18-19-20-22-24-26-28-30-32-34-39(42)44-37(35-40)36-43-38(41)33-31-29-27-25-23-21-16-14-12-10-8-6-4-2/h14,16,37,40H,3-13,15,17-36H2,1-2H3/b16-14-/t37-/m0/s1. The highest BCUT2D eigenvalue weighted by molar-refractivity contribution is 5.70. The van der Waals surface area contributed by atoms with Crippen molar-refractivity contribution in [1.82, 2.24) is 0 Å². The van der Waals surface area contributed by atoms with Gasteiger partial charge in [-0.3, -0.25) is 9.59 Å². The second-order valence-electron chi connectivity index (χ2n) is 13.0. The minimum atomic E-state index is -0.767. The van der Waals surface area contributed by atoms with Gasteiger partial charge in [0, 0.05) is 12.8 Å². The molecule has 260 valence electrons. The average Bonchev–Trinajstić information content (AvgIpc) is 3.02. The third-order valence-corrected chi connectivity index (χ3v) is 8.56. The molecule has 0 saturated carbocycles. The van der Waals surface area contributed by atoms with Crippen molar-refractivity contribution < 1.29 is 24.2 Å². The lowest BCUT2D eigenvalue weighted by Crippen LogP contribution is -2.28. The van der Waals surface area contributed by atoms with Gasteiger partial charge in [-0.05, 0) is 38.5 Å². The first kappa shape index (κ1) is 42.6. The van der Waals surface area contributed by atoms with Crippen LogP contribution in [0.2, 0.25) is 0 Å². The van der Waals surface area contributed by atoms with E-state index < -0.39 is 6.10 Å². The van der Waals surface area contributed by atoms with Crippen LogP contribution in [0.1, 0.15) is 206 Å². The molecule has 0 aliphatic rings. The van der Waals surface area contributed by atoms with Crippen molar-refractivity contribution >= 4 is 11.9 Å². The molecule has 0 aliphatic carbocycles. The first-order valence-electron chi connectivity index (χ1n) is 19.2. The van der Waals surface area contributed by atoms with Gasteiger partial charge in [0.25, 0.3) is 0 Å². The number of esters is 2. The van der Waals surface area contributed by atoms with Gasteiger partial charge in [0.2, 0.25) is 0 Å². The summed E-state index contributed by atoms with van der Waals surface area (Å²) in [6.45, 7) is 4.13. The fourth-order valence-corrected chi connectivity index (χ4v) is 5.61. The lowest BCUT2D eigenvalue weighted by Gasteiger charge is -2.15. The molecule has 0 spiro atoms. The van der Waals surface area contributed by atoms with Gasteiger partial charge in [-0.2, -0.15) is 0 Å². The van der Waals surface area contributed by atoms with Crippen LogP contribution in [0, 0.1) is 0 Å². The molecule has 0 bridgehead atoms. The zero-order chi connectivity index (χ0) is 32.2. The van der Waals surface area contributed by atoms with Crippen LogP contribution in [-0.2, 0) is 19.1 Å². The zero-order valence-electron chi connectivity index (χ0n) is 29.4. The van der Waals surface area contributed by atoms with E-state index >= 15 is 0 Å². The molecule has 0 fully saturated rings. The second kappa shape index (κ2) is 36.1. The molecule has 0 aromatic rings. The Hall–Kier alpha value is -1.36. The number of carbonyl (C=O) groups excluding carboxylic acids is 2. The predicted octanol–water partition coefficient (Wildman–Crippen LogP) is 11.7. The maximum absolute atomic E-state index is 12.1. The summed E-state index contributed by atoms with van der Waals surface area (Å²) >= 11 is 0. The van der Waals surface area contributed by atoms with E-state index in [2.05, 4.69) is 26.0 Å². The Morgan fingerprint density at radius 2 is 0.841 bits per heavy atom. The van der Waals surface area contributed by atoms with Gasteiger partial charge in [-0.15, -0.1) is 0 Å². The maximum Gasteiger partial charge on any atom is 0.306 e. The normalized spacial score (nSPS) is 12.2. The van der Waals surface area contributed by atoms with Crippen LogP contribution in [-0.4, -0.2) is 36.4 Å². The van der Waals surface area contributed by atoms with Crippen LogP contribution < -0.4 is 0 Å². The first-order chi connectivity index (χ1) is 21.6. The van der Waals surface area contributed by atoms with Crippen molar-refractivity contribution in [3.05, 3.63) is 12.2 Å². The van der Waals surface area contributed by atoms with E-state index in [-0.39, 0.29) is 25.2 Å². The Morgan fingerprint density at radius 3 is 1.25 bits per heavy atom. The summed E-state index contributed by atoms with van der Waals surface area (Å²) in [4.78, 5) is 24.2. The number of unbranched alkanes of at least 4 members (excludes halogenated alkanes) is 25. The van der Waals surface area contributed by atoms with Crippen LogP contribution in [0.4, 0.5) is 0 Å². The van der Waals surface area contributed by atoms with E-state index in [1.54, 1.807) is 0 Å². The van der Waals surface area contributed by atoms with Crippen LogP contribution in [0.15, 0.2) is 12.2 Å². The molecule has 0 amide bonds. The van der Waals surface area contributed by atoms with Crippen molar-refractivity contribution in [2.75, 3.05) is 13.2 Å². The third kappa shape index (κ3) is 33.5. The highest BCUT2D eigenvalue weighted by Gasteiger charge is 2.16. The summed E-state index contributed by atoms with van der Waals surface area (Å²) in [5.74, 6) is -0.592. The predicted molar refractivity (Wildman–Crippen MR) is 187 cm³/mol. The minimum absolute atomic E-state index is 0.0646. The summed E-state index contributed by atoms with van der Waals surface area (Å²) in [5.41, 5.74) is 0. The van der Waals surface area contributed by atoms with Crippen LogP contribution in [0.25, 0.3) is 0 Å². The van der Waals surface area contributed by atoms with Gasteiger partial charge < -0.3 is 14.6 Å². The fraction of sp³-hybridized carbons (Fsp3) is 0.897. The Bertz CT molecular complexity index is 632. The maximum atomic E-state index is 12.1. The lowest BCUT2D eigenvalue weighted by molar-refractivity contribution is -0.161. The quantitative estimate of drug-likeness (QED) is 0.0432. The third-order valence-electron chi connectivity index (χ3n) is 8.56. The van der Waals surface area contributed by atoms with Gasteiger partial charge in [0.15, 0.2) is 6.10 Å². The van der Waals surface area contributed by atoms with Gasteiger partial charge in [-0.25, -0.2) is 0 Å². The van der Waals surface area contributed by atoms with Gasteiger partial charge >= 0.3 is 11.9 Å². The number of ether oxygens (including phenoxy) is 2. The molecule has 5 nitrogen and oxygen atoms in total. The molecule has 1 atom stereocenters. The first-order valence-corrected chi connectivity index (χ1v) is 19.2. The van der Waals surface area contributed by atoms with Crippen LogP contribution in [0.3, 0.4) is 0 Å². The Balaban J connectivity index is 3.52. The molecular formula is C39H74O5. The molecule has 0 saturated heterocycles. The number of rotatable bonds is 35. The van der Waals surface area contributed by atoms with Gasteiger partial charge in [0.1, 0.15) is 6.61 Å². The van der Waals surface area contributed by atoms with E-state index in [1.807, 2.05) is 0 Å². The SMILES string of the molecule is CCCCCC/C=C\CCCCCCCC(=O)OC[C@H](CO)OC(=O)CCCCCCCCCCCCCCCCCCC. The van der Waals surface area contributed by atoms with E-state index in [9.17, 15) is 14.7 Å². The summed E-state index contributed by atoms with van der Waals surface area (Å²) in [6, 6.07) is 0. The van der Waals surface area contributed by atoms with Crippen molar-refractivity contribution in [2.45, 2.75) is 213 Å². The summed E-state index contributed by atoms with van der Waals surface area (Å²) < 4.78 is 10.6. The van der Waals surface area contributed by atoms with Gasteiger partial charge in [0.05, 0.1) is 6.61 Å². The number of hydrogen-bond acceptors (Lipinski definition) is 5. The molecule has 44 heavy (non-hydrogen) atoms. The van der Waals surface area contributed by atoms with E-state index in [4.69, 9.17) is 9.47 Å². The van der Waals surface area contributed by atoms with E-state index in [0.29, 0.717) is 12.8 Å². The summed E-state index contributed by atoms with van der Waals surface area (Å²) in [6.07, 6.45) is 39.8. The summed E-state index contributed by atoms with van der Waals surface area (Å²) in [7, 11) is 0. The highest BCUT2D eigenvalue weighted by atomic mass is 16.6. The molecule has 0 aliphatic heterocycles. The molecule has 0 radical (unpaired) electrons. The number of hydrogen-bond donors (Lipinski definition) is 1. The molecule has 0 unspecified atom stereocenters. The van der Waals surface area contributed by atoms with E-state index in [1.165, 1.54) is 135 Å². The largest absolute Gasteiger partial charge is 0.462 e. The van der Waals surface area contributed by atoms with Crippen molar-refractivity contribution in [2.24, 2.45) is 0 Å². The van der Waals surface area contributed by atoms with Crippen molar-refractivity contribution in [3.63, 3.8) is 0 Å². The molecule has 0 aromatic heterocycles. The Kier molecular flexibility index (Phi) is 35.0. The topological polar surface area (TPSA) is 72.8 Å². The molecule has 0 heterocycles. The highest BCUT2D eigenvalue weighted by Crippen LogP contribution is 2.15. The lowest BCUT2D eigenvalue weighted by atomic mass is 10.0. The molecule has 5 heteroatoms. The van der Waals surface area contributed by atoms with Gasteiger partial charge in [-0.1, -0.05) is 167 Å². The number of carbonyl (C=O) groups is 2. The van der Waals surface area contributed by atoms with Crippen molar-refractivity contribution in [1.29, 1.82) is 0 Å². The second-order valence-corrected chi connectivity index (χ2v) is 13.0. The molecule has 0 rings (SSSR count). The molecular weight excluding hydrogens is 548 g/mol. The van der Waals surface area contributed by atoms with Crippen molar-refractivity contribution in [3.8, 4) is 0 Å². The summed E-state index contributed by atoms with van der Waals surface area (Å²) in [5, 5.41) is 9.53. The molecule has 1 N–H and O–H groups in total. The smallest absolute Gasteiger partial charge is 0.306 e. The Labute approximate surface area is 273 Å². The fourth-order valence-electron chi connectivity index (χ4n) is 5.61. The number of aliphatic hydroxyl groups excluding tert-OH is 1.